The van der Waals surface area contributed by atoms with E-state index in [-0.39, 0.29) is 18.1 Å². The van der Waals surface area contributed by atoms with Gasteiger partial charge in [0.15, 0.2) is 0 Å². The maximum atomic E-state index is 12.7. The Morgan fingerprint density at radius 1 is 1.32 bits per heavy atom. The molecule has 2 aliphatic rings. The van der Waals surface area contributed by atoms with E-state index in [2.05, 4.69) is 29.1 Å². The van der Waals surface area contributed by atoms with Crippen molar-refractivity contribution in [1.29, 1.82) is 0 Å². The summed E-state index contributed by atoms with van der Waals surface area (Å²) in [6.07, 6.45) is 6.56. The second-order valence-electron chi connectivity index (χ2n) is 6.13. The van der Waals surface area contributed by atoms with E-state index < -0.39 is 0 Å². The number of carbonyl (C=O) groups excluding carboxylic acids is 1. The highest BCUT2D eigenvalue weighted by molar-refractivity contribution is 7.08. The fourth-order valence-electron chi connectivity index (χ4n) is 3.82. The molecule has 0 N–H and O–H groups in total. The van der Waals surface area contributed by atoms with E-state index in [9.17, 15) is 4.79 Å². The highest BCUT2D eigenvalue weighted by Gasteiger charge is 2.44. The molecule has 116 valence electrons. The van der Waals surface area contributed by atoms with Crippen LogP contribution in [0.4, 0.5) is 0 Å². The van der Waals surface area contributed by atoms with Crippen LogP contribution in [0, 0.1) is 5.92 Å². The topological polar surface area (TPSA) is 34.5 Å². The van der Waals surface area contributed by atoms with Gasteiger partial charge in [-0.25, -0.2) is 0 Å². The van der Waals surface area contributed by atoms with Gasteiger partial charge in [-0.3, -0.25) is 4.79 Å². The third kappa shape index (κ3) is 2.48. The predicted molar refractivity (Wildman–Crippen MR) is 86.0 cm³/mol. The Bertz CT molecular complexity index is 623. The van der Waals surface area contributed by atoms with E-state index in [4.69, 9.17) is 4.74 Å². The van der Waals surface area contributed by atoms with Gasteiger partial charge in [-0.05, 0) is 36.4 Å². The summed E-state index contributed by atoms with van der Waals surface area (Å²) in [5.74, 6) is 0.664. The van der Waals surface area contributed by atoms with E-state index in [1.165, 1.54) is 0 Å². The first-order chi connectivity index (χ1) is 10.8. The van der Waals surface area contributed by atoms with Crippen LogP contribution >= 0.6 is 11.3 Å². The van der Waals surface area contributed by atoms with Gasteiger partial charge in [-0.1, -0.05) is 0 Å². The van der Waals surface area contributed by atoms with E-state index >= 15 is 0 Å². The summed E-state index contributed by atoms with van der Waals surface area (Å²) < 4.78 is 8.27. The SMILES string of the molecule is O=C(c1ccsc1)N1CCO[C@@H]2C(Cn3cccc3)CC[C@H]21. The van der Waals surface area contributed by atoms with E-state index in [0.29, 0.717) is 19.1 Å². The maximum Gasteiger partial charge on any atom is 0.255 e. The lowest BCUT2D eigenvalue weighted by atomic mass is 10.0. The molecule has 3 atom stereocenters. The van der Waals surface area contributed by atoms with Crippen LogP contribution in [-0.2, 0) is 11.3 Å². The zero-order valence-corrected chi connectivity index (χ0v) is 13.2. The van der Waals surface area contributed by atoms with Crippen LogP contribution in [0.1, 0.15) is 23.2 Å². The first-order valence-corrected chi connectivity index (χ1v) is 8.83. The molecular formula is C17H20N2O2S. The van der Waals surface area contributed by atoms with Crippen LogP contribution in [0.25, 0.3) is 0 Å². The fourth-order valence-corrected chi connectivity index (χ4v) is 4.45. The molecule has 2 aromatic heterocycles. The van der Waals surface area contributed by atoms with Gasteiger partial charge in [0.2, 0.25) is 0 Å². The van der Waals surface area contributed by atoms with Crippen molar-refractivity contribution in [2.45, 2.75) is 31.5 Å². The smallest absolute Gasteiger partial charge is 0.255 e. The van der Waals surface area contributed by atoms with Crippen LogP contribution in [-0.4, -0.2) is 40.7 Å². The third-order valence-corrected chi connectivity index (χ3v) is 5.54. The van der Waals surface area contributed by atoms with Gasteiger partial charge in [0.25, 0.3) is 5.91 Å². The van der Waals surface area contributed by atoms with Crippen molar-refractivity contribution >= 4 is 17.2 Å². The van der Waals surface area contributed by atoms with Gasteiger partial charge in [0.05, 0.1) is 24.3 Å². The number of amides is 1. The average Bonchev–Trinajstić information content (AvgIpc) is 3.29. The summed E-state index contributed by atoms with van der Waals surface area (Å²) in [6.45, 7) is 2.35. The maximum absolute atomic E-state index is 12.7. The molecule has 1 amide bonds. The minimum absolute atomic E-state index is 0.168. The second kappa shape index (κ2) is 5.89. The van der Waals surface area contributed by atoms with Gasteiger partial charge in [0, 0.05) is 36.8 Å². The molecule has 1 saturated heterocycles. The molecule has 0 aromatic carbocycles. The quantitative estimate of drug-likeness (QED) is 0.872. The standard InChI is InChI=1S/C17H20N2O2S/c20-17(14-5-10-22-12-14)19-8-9-21-16-13(3-4-15(16)19)11-18-6-1-2-7-18/h1-2,5-7,10,12-13,15-16H,3-4,8-9,11H2/t13?,15-,16-/m1/s1. The summed E-state index contributed by atoms with van der Waals surface area (Å²) in [7, 11) is 0. The van der Waals surface area contributed by atoms with E-state index in [1.807, 2.05) is 21.7 Å². The zero-order chi connectivity index (χ0) is 14.9. The monoisotopic (exact) mass is 316 g/mol. The Balaban J connectivity index is 1.50. The summed E-state index contributed by atoms with van der Waals surface area (Å²) in [6, 6.07) is 6.27. The number of aromatic nitrogens is 1. The van der Waals surface area contributed by atoms with Crippen molar-refractivity contribution < 1.29 is 9.53 Å². The minimum atomic E-state index is 0.168. The van der Waals surface area contributed by atoms with Crippen LogP contribution in [0.3, 0.4) is 0 Å². The van der Waals surface area contributed by atoms with Crippen molar-refractivity contribution in [3.63, 3.8) is 0 Å². The molecule has 4 rings (SSSR count). The molecule has 5 heteroatoms. The van der Waals surface area contributed by atoms with Crippen LogP contribution < -0.4 is 0 Å². The summed E-state index contributed by atoms with van der Waals surface area (Å²) in [4.78, 5) is 14.7. The number of carbonyl (C=O) groups is 1. The lowest BCUT2D eigenvalue weighted by Crippen LogP contribution is -2.52. The Kier molecular flexibility index (Phi) is 3.76. The average molecular weight is 316 g/mol. The number of hydrogen-bond donors (Lipinski definition) is 0. The molecule has 1 aliphatic carbocycles. The summed E-state index contributed by atoms with van der Waals surface area (Å²) in [5, 5.41) is 3.91. The molecule has 0 spiro atoms. The van der Waals surface area contributed by atoms with E-state index in [1.54, 1.807) is 11.3 Å². The number of ether oxygens (including phenoxy) is 1. The molecule has 3 heterocycles. The molecular weight excluding hydrogens is 296 g/mol. The molecule has 0 radical (unpaired) electrons. The Labute approximate surface area is 134 Å². The molecule has 4 nitrogen and oxygen atoms in total. The highest BCUT2D eigenvalue weighted by atomic mass is 32.1. The largest absolute Gasteiger partial charge is 0.374 e. The minimum Gasteiger partial charge on any atom is -0.374 e. The lowest BCUT2D eigenvalue weighted by Gasteiger charge is -2.39. The van der Waals surface area contributed by atoms with Crippen LogP contribution in [0.2, 0.25) is 0 Å². The van der Waals surface area contributed by atoms with Gasteiger partial charge in [-0.15, -0.1) is 0 Å². The summed E-state index contributed by atoms with van der Waals surface area (Å²) >= 11 is 1.58. The molecule has 1 saturated carbocycles. The highest BCUT2D eigenvalue weighted by Crippen LogP contribution is 2.36. The number of rotatable bonds is 3. The molecule has 2 aromatic rings. The first-order valence-electron chi connectivity index (χ1n) is 7.88. The van der Waals surface area contributed by atoms with Crippen molar-refractivity contribution in [2.75, 3.05) is 13.2 Å². The summed E-state index contributed by atoms with van der Waals surface area (Å²) in [5.41, 5.74) is 0.819. The van der Waals surface area contributed by atoms with Gasteiger partial charge >= 0.3 is 0 Å². The Morgan fingerprint density at radius 2 is 2.18 bits per heavy atom. The number of nitrogens with zero attached hydrogens (tertiary/aromatic N) is 2. The molecule has 22 heavy (non-hydrogen) atoms. The normalized spacial score (nSPS) is 27.8. The Hall–Kier alpha value is -1.59. The number of fused-ring (bicyclic) bond motifs is 1. The molecule has 2 fully saturated rings. The molecule has 1 aliphatic heterocycles. The zero-order valence-electron chi connectivity index (χ0n) is 12.4. The second-order valence-corrected chi connectivity index (χ2v) is 6.91. The Morgan fingerprint density at radius 3 is 2.95 bits per heavy atom. The van der Waals surface area contributed by atoms with Gasteiger partial charge in [0.1, 0.15) is 0 Å². The van der Waals surface area contributed by atoms with Crippen molar-refractivity contribution in [3.05, 3.63) is 46.9 Å². The van der Waals surface area contributed by atoms with Gasteiger partial charge < -0.3 is 14.2 Å². The molecule has 1 unspecified atom stereocenters. The first kappa shape index (κ1) is 14.0. The van der Waals surface area contributed by atoms with Crippen LogP contribution in [0.15, 0.2) is 41.4 Å². The third-order valence-electron chi connectivity index (χ3n) is 4.86. The lowest BCUT2D eigenvalue weighted by molar-refractivity contribution is -0.0644. The number of hydrogen-bond acceptors (Lipinski definition) is 3. The van der Waals surface area contributed by atoms with Crippen molar-refractivity contribution in [1.82, 2.24) is 9.47 Å². The molecule has 0 bridgehead atoms. The fraction of sp³-hybridized carbons (Fsp3) is 0.471. The van der Waals surface area contributed by atoms with E-state index in [0.717, 1.165) is 24.9 Å². The predicted octanol–water partition coefficient (Wildman–Crippen LogP) is 2.87. The van der Waals surface area contributed by atoms with Crippen LogP contribution in [0.5, 0.6) is 0 Å². The van der Waals surface area contributed by atoms with Gasteiger partial charge in [-0.2, -0.15) is 11.3 Å². The number of thiophene rings is 1. The van der Waals surface area contributed by atoms with Crippen molar-refractivity contribution in [3.8, 4) is 0 Å². The van der Waals surface area contributed by atoms with Crippen molar-refractivity contribution in [2.24, 2.45) is 5.92 Å². The number of morpholine rings is 1.